The maximum atomic E-state index is 5.87. The topological polar surface area (TPSA) is 63.3 Å². The van der Waals surface area contributed by atoms with Crippen molar-refractivity contribution in [3.63, 3.8) is 0 Å². The molecule has 0 aromatic carbocycles. The predicted octanol–water partition coefficient (Wildman–Crippen LogP) is 2.63. The molecule has 2 bridgehead atoms. The number of pyridine rings is 1. The lowest BCUT2D eigenvalue weighted by atomic mass is 9.86. The summed E-state index contributed by atoms with van der Waals surface area (Å²) in [4.78, 5) is 8.57. The lowest BCUT2D eigenvalue weighted by Gasteiger charge is -2.20. The van der Waals surface area contributed by atoms with Crippen LogP contribution in [0.25, 0.3) is 0 Å². The van der Waals surface area contributed by atoms with Crippen LogP contribution in [0.5, 0.6) is 0 Å². The van der Waals surface area contributed by atoms with E-state index in [0.717, 1.165) is 30.1 Å². The van der Waals surface area contributed by atoms with Crippen molar-refractivity contribution in [2.45, 2.75) is 32.1 Å². The molecule has 3 rings (SSSR count). The molecule has 0 aliphatic heterocycles. The van der Waals surface area contributed by atoms with Crippen LogP contribution >= 0.6 is 0 Å². The lowest BCUT2D eigenvalue weighted by Crippen LogP contribution is -2.23. The Morgan fingerprint density at radius 1 is 1.37 bits per heavy atom. The second kappa shape index (κ2) is 5.59. The smallest absolute Gasteiger partial charge is 0.194 e. The fourth-order valence-electron chi connectivity index (χ4n) is 3.69. The monoisotopic (exact) mass is 258 g/mol. The predicted molar refractivity (Wildman–Crippen MR) is 77.9 cm³/mol. The first-order chi connectivity index (χ1) is 9.31. The van der Waals surface area contributed by atoms with Crippen LogP contribution in [0.1, 0.15) is 32.1 Å². The van der Waals surface area contributed by atoms with Crippen molar-refractivity contribution in [3.8, 4) is 0 Å². The summed E-state index contributed by atoms with van der Waals surface area (Å²) in [6, 6.07) is 5.70. The van der Waals surface area contributed by atoms with Crippen LogP contribution in [0, 0.1) is 17.8 Å². The number of nitrogens with one attached hydrogen (secondary N) is 1. The number of aliphatic imine (C=N–C) groups is 1. The second-order valence-corrected chi connectivity index (χ2v) is 5.83. The van der Waals surface area contributed by atoms with Crippen LogP contribution in [0.4, 0.5) is 5.82 Å². The molecule has 1 aromatic rings. The average Bonchev–Trinajstić information content (AvgIpc) is 3.02. The van der Waals surface area contributed by atoms with Gasteiger partial charge in [-0.05, 0) is 55.6 Å². The summed E-state index contributed by atoms with van der Waals surface area (Å²) < 4.78 is 0. The molecule has 4 nitrogen and oxygen atoms in total. The largest absolute Gasteiger partial charge is 0.370 e. The fraction of sp³-hybridized carbons (Fsp3) is 0.600. The second-order valence-electron chi connectivity index (χ2n) is 5.83. The van der Waals surface area contributed by atoms with E-state index in [4.69, 9.17) is 5.73 Å². The minimum atomic E-state index is 0.474. The van der Waals surface area contributed by atoms with E-state index in [1.807, 2.05) is 18.2 Å². The summed E-state index contributed by atoms with van der Waals surface area (Å²) in [7, 11) is 0. The quantitative estimate of drug-likeness (QED) is 0.644. The van der Waals surface area contributed by atoms with Crippen molar-refractivity contribution in [1.82, 2.24) is 4.98 Å². The lowest BCUT2D eigenvalue weighted by molar-refractivity contribution is 0.318. The molecule has 2 aliphatic carbocycles. The SMILES string of the molecule is NC(=NCCC1CC2CCC1C2)Nc1ccccn1. The van der Waals surface area contributed by atoms with Crippen LogP contribution in [-0.4, -0.2) is 17.5 Å². The zero-order valence-electron chi connectivity index (χ0n) is 11.3. The molecule has 102 valence electrons. The van der Waals surface area contributed by atoms with Crippen molar-refractivity contribution in [1.29, 1.82) is 0 Å². The Morgan fingerprint density at radius 3 is 3.00 bits per heavy atom. The maximum absolute atomic E-state index is 5.87. The molecule has 0 amide bonds. The molecule has 0 radical (unpaired) electrons. The third kappa shape index (κ3) is 3.06. The highest BCUT2D eigenvalue weighted by atomic mass is 15.1. The molecule has 3 atom stereocenters. The average molecular weight is 258 g/mol. The number of nitrogens with two attached hydrogens (primary N) is 1. The summed E-state index contributed by atoms with van der Waals surface area (Å²) in [5.74, 6) is 4.11. The first-order valence-electron chi connectivity index (χ1n) is 7.29. The van der Waals surface area contributed by atoms with Gasteiger partial charge in [0.05, 0.1) is 0 Å². The molecule has 4 heteroatoms. The number of hydrogen-bond donors (Lipinski definition) is 2. The summed E-state index contributed by atoms with van der Waals surface area (Å²) in [6.45, 7) is 0.833. The van der Waals surface area contributed by atoms with Gasteiger partial charge < -0.3 is 11.1 Å². The van der Waals surface area contributed by atoms with Gasteiger partial charge in [0, 0.05) is 12.7 Å². The molecule has 19 heavy (non-hydrogen) atoms. The third-order valence-electron chi connectivity index (χ3n) is 4.59. The van der Waals surface area contributed by atoms with Crippen LogP contribution in [0.15, 0.2) is 29.4 Å². The van der Waals surface area contributed by atoms with Gasteiger partial charge in [-0.25, -0.2) is 4.98 Å². The van der Waals surface area contributed by atoms with Gasteiger partial charge in [-0.15, -0.1) is 0 Å². The summed E-state index contributed by atoms with van der Waals surface area (Å²) >= 11 is 0. The van der Waals surface area contributed by atoms with Gasteiger partial charge in [-0.2, -0.15) is 0 Å². The Bertz CT molecular complexity index is 443. The summed E-state index contributed by atoms with van der Waals surface area (Å²) in [5, 5.41) is 3.02. The Balaban J connectivity index is 1.44. The number of rotatable bonds is 4. The molecule has 3 N–H and O–H groups in total. The molecule has 1 heterocycles. The molecular weight excluding hydrogens is 236 g/mol. The molecule has 0 saturated heterocycles. The normalized spacial score (nSPS) is 29.7. The molecule has 3 unspecified atom stereocenters. The molecule has 0 spiro atoms. The highest BCUT2D eigenvalue weighted by Crippen LogP contribution is 2.49. The van der Waals surface area contributed by atoms with Gasteiger partial charge in [-0.3, -0.25) is 4.99 Å². The van der Waals surface area contributed by atoms with Gasteiger partial charge in [0.15, 0.2) is 5.96 Å². The number of anilines is 1. The highest BCUT2D eigenvalue weighted by molar-refractivity contribution is 5.91. The van der Waals surface area contributed by atoms with Crippen molar-refractivity contribution >= 4 is 11.8 Å². The van der Waals surface area contributed by atoms with Crippen molar-refractivity contribution in [2.75, 3.05) is 11.9 Å². The standard InChI is InChI=1S/C15H22N4/c16-15(19-14-3-1-2-7-17-14)18-8-6-13-10-11-4-5-12(13)9-11/h1-3,7,11-13H,4-6,8-10H2,(H3,16,17,18,19). The van der Waals surface area contributed by atoms with E-state index in [1.165, 1.54) is 32.1 Å². The Labute approximate surface area is 114 Å². The van der Waals surface area contributed by atoms with Gasteiger partial charge in [0.1, 0.15) is 5.82 Å². The summed E-state index contributed by atoms with van der Waals surface area (Å²) in [6.07, 6.45) is 8.73. The van der Waals surface area contributed by atoms with Crippen molar-refractivity contribution in [2.24, 2.45) is 28.5 Å². The van der Waals surface area contributed by atoms with E-state index < -0.39 is 0 Å². The minimum absolute atomic E-state index is 0.474. The Hall–Kier alpha value is -1.58. The van der Waals surface area contributed by atoms with Crippen LogP contribution in [-0.2, 0) is 0 Å². The number of hydrogen-bond acceptors (Lipinski definition) is 2. The van der Waals surface area contributed by atoms with E-state index in [-0.39, 0.29) is 0 Å². The van der Waals surface area contributed by atoms with Gasteiger partial charge in [0.2, 0.25) is 0 Å². The van der Waals surface area contributed by atoms with Gasteiger partial charge in [0.25, 0.3) is 0 Å². The van der Waals surface area contributed by atoms with Crippen LogP contribution < -0.4 is 11.1 Å². The third-order valence-corrected chi connectivity index (χ3v) is 4.59. The first kappa shape index (κ1) is 12.5. The van der Waals surface area contributed by atoms with Crippen LogP contribution in [0.3, 0.4) is 0 Å². The summed E-state index contributed by atoms with van der Waals surface area (Å²) in [5.41, 5.74) is 5.87. The zero-order chi connectivity index (χ0) is 13.1. The Kier molecular flexibility index (Phi) is 3.67. The van der Waals surface area contributed by atoms with Gasteiger partial charge >= 0.3 is 0 Å². The number of fused-ring (bicyclic) bond motifs is 2. The maximum Gasteiger partial charge on any atom is 0.194 e. The number of guanidine groups is 1. The van der Waals surface area contributed by atoms with E-state index in [1.54, 1.807) is 6.20 Å². The molecule has 2 fully saturated rings. The zero-order valence-corrected chi connectivity index (χ0v) is 11.3. The first-order valence-corrected chi connectivity index (χ1v) is 7.29. The molecule has 2 aliphatic rings. The molecule has 1 aromatic heterocycles. The van der Waals surface area contributed by atoms with E-state index in [9.17, 15) is 0 Å². The highest BCUT2D eigenvalue weighted by Gasteiger charge is 2.38. The van der Waals surface area contributed by atoms with E-state index in [0.29, 0.717) is 5.96 Å². The molecule has 2 saturated carbocycles. The van der Waals surface area contributed by atoms with Crippen molar-refractivity contribution in [3.05, 3.63) is 24.4 Å². The van der Waals surface area contributed by atoms with Crippen molar-refractivity contribution < 1.29 is 0 Å². The molecular formula is C15H22N4. The van der Waals surface area contributed by atoms with E-state index >= 15 is 0 Å². The number of aromatic nitrogens is 1. The van der Waals surface area contributed by atoms with Crippen LogP contribution in [0.2, 0.25) is 0 Å². The Morgan fingerprint density at radius 2 is 2.32 bits per heavy atom. The fourth-order valence-corrected chi connectivity index (χ4v) is 3.69. The minimum Gasteiger partial charge on any atom is -0.370 e. The van der Waals surface area contributed by atoms with Gasteiger partial charge in [-0.1, -0.05) is 12.5 Å². The van der Waals surface area contributed by atoms with E-state index in [2.05, 4.69) is 15.3 Å². The number of nitrogens with zero attached hydrogens (tertiary/aromatic N) is 2.